The number of aliphatic hydroxyl groups is 1. The van der Waals surface area contributed by atoms with Gasteiger partial charge in [0, 0.05) is 19.0 Å². The van der Waals surface area contributed by atoms with Crippen molar-refractivity contribution in [3.63, 3.8) is 0 Å². The summed E-state index contributed by atoms with van der Waals surface area (Å²) >= 11 is 0. The summed E-state index contributed by atoms with van der Waals surface area (Å²) in [6.45, 7) is 0.894. The van der Waals surface area contributed by atoms with Gasteiger partial charge in [0.2, 0.25) is 0 Å². The Balaban J connectivity index is 1.74. The minimum atomic E-state index is -0.342. The first-order valence-corrected chi connectivity index (χ1v) is 5.28. The Bertz CT molecular complexity index is 252. The molecule has 3 nitrogen and oxygen atoms in total. The van der Waals surface area contributed by atoms with Crippen molar-refractivity contribution < 1.29 is 9.84 Å². The SMILES string of the molecule is OC(CCC1CCCO1)c1cc[nH]c1. The van der Waals surface area contributed by atoms with Crippen LogP contribution in [0.2, 0.25) is 0 Å². The predicted molar refractivity (Wildman–Crippen MR) is 54.0 cm³/mol. The maximum atomic E-state index is 9.79. The number of rotatable bonds is 4. The molecule has 0 amide bonds. The molecule has 1 saturated heterocycles. The second-order valence-corrected chi connectivity index (χ2v) is 3.87. The fourth-order valence-electron chi connectivity index (χ4n) is 1.93. The van der Waals surface area contributed by atoms with Crippen molar-refractivity contribution in [2.24, 2.45) is 0 Å². The molecule has 3 heteroatoms. The van der Waals surface area contributed by atoms with Crippen LogP contribution in [0.1, 0.15) is 37.4 Å². The molecule has 0 aromatic carbocycles. The molecule has 0 saturated carbocycles. The third kappa shape index (κ3) is 2.36. The normalized spacial score (nSPS) is 23.9. The lowest BCUT2D eigenvalue weighted by Gasteiger charge is -2.12. The minimum Gasteiger partial charge on any atom is -0.388 e. The number of H-pyrrole nitrogens is 1. The fourth-order valence-corrected chi connectivity index (χ4v) is 1.93. The van der Waals surface area contributed by atoms with E-state index < -0.39 is 0 Å². The van der Waals surface area contributed by atoms with Crippen LogP contribution in [-0.2, 0) is 4.74 Å². The van der Waals surface area contributed by atoms with Gasteiger partial charge in [0.15, 0.2) is 0 Å². The highest BCUT2D eigenvalue weighted by Crippen LogP contribution is 2.23. The van der Waals surface area contributed by atoms with Crippen molar-refractivity contribution in [1.29, 1.82) is 0 Å². The predicted octanol–water partition coefficient (Wildman–Crippen LogP) is 2.01. The number of nitrogens with one attached hydrogen (secondary N) is 1. The fraction of sp³-hybridized carbons (Fsp3) is 0.636. The van der Waals surface area contributed by atoms with Crippen molar-refractivity contribution in [3.05, 3.63) is 24.0 Å². The highest BCUT2D eigenvalue weighted by Gasteiger charge is 2.17. The minimum absolute atomic E-state index is 0.342. The van der Waals surface area contributed by atoms with Gasteiger partial charge >= 0.3 is 0 Å². The topological polar surface area (TPSA) is 45.2 Å². The molecule has 1 aliphatic heterocycles. The molecule has 2 rings (SSSR count). The van der Waals surface area contributed by atoms with Crippen molar-refractivity contribution in [3.8, 4) is 0 Å². The van der Waals surface area contributed by atoms with Crippen LogP contribution in [0, 0.1) is 0 Å². The largest absolute Gasteiger partial charge is 0.388 e. The van der Waals surface area contributed by atoms with Gasteiger partial charge in [0.25, 0.3) is 0 Å². The summed E-state index contributed by atoms with van der Waals surface area (Å²) in [5.41, 5.74) is 0.975. The van der Waals surface area contributed by atoms with Gasteiger partial charge in [-0.05, 0) is 37.3 Å². The summed E-state index contributed by atoms with van der Waals surface area (Å²) in [5, 5.41) is 9.79. The molecule has 0 bridgehead atoms. The number of ether oxygens (including phenoxy) is 1. The summed E-state index contributed by atoms with van der Waals surface area (Å²) in [6.07, 6.45) is 7.80. The van der Waals surface area contributed by atoms with Gasteiger partial charge in [-0.15, -0.1) is 0 Å². The van der Waals surface area contributed by atoms with Crippen LogP contribution in [0.25, 0.3) is 0 Å². The van der Waals surface area contributed by atoms with Gasteiger partial charge < -0.3 is 14.8 Å². The molecule has 2 unspecified atom stereocenters. The summed E-state index contributed by atoms with van der Waals surface area (Å²) in [6, 6.07) is 1.92. The lowest BCUT2D eigenvalue weighted by molar-refractivity contribution is 0.0813. The zero-order valence-electron chi connectivity index (χ0n) is 8.28. The van der Waals surface area contributed by atoms with Crippen LogP contribution < -0.4 is 0 Å². The average Bonchev–Trinajstić information content (AvgIpc) is 2.87. The van der Waals surface area contributed by atoms with E-state index in [1.54, 1.807) is 0 Å². The maximum Gasteiger partial charge on any atom is 0.0805 e. The zero-order chi connectivity index (χ0) is 9.80. The van der Waals surface area contributed by atoms with Crippen LogP contribution in [0.4, 0.5) is 0 Å². The van der Waals surface area contributed by atoms with Crippen LogP contribution in [-0.4, -0.2) is 22.8 Å². The summed E-state index contributed by atoms with van der Waals surface area (Å²) in [7, 11) is 0. The van der Waals surface area contributed by atoms with E-state index >= 15 is 0 Å². The van der Waals surface area contributed by atoms with E-state index in [9.17, 15) is 5.11 Å². The number of hydrogen-bond donors (Lipinski definition) is 2. The second kappa shape index (κ2) is 4.62. The Kier molecular flexibility index (Phi) is 3.22. The zero-order valence-corrected chi connectivity index (χ0v) is 8.28. The lowest BCUT2D eigenvalue weighted by atomic mass is 10.0. The highest BCUT2D eigenvalue weighted by molar-refractivity contribution is 5.11. The van der Waals surface area contributed by atoms with E-state index in [-0.39, 0.29) is 6.10 Å². The van der Waals surface area contributed by atoms with E-state index in [1.165, 1.54) is 6.42 Å². The standard InChI is InChI=1S/C11H17NO2/c13-11(9-5-6-12-8-9)4-3-10-2-1-7-14-10/h5-6,8,10-13H,1-4,7H2. The van der Waals surface area contributed by atoms with Crippen molar-refractivity contribution in [2.45, 2.75) is 37.9 Å². The van der Waals surface area contributed by atoms with Gasteiger partial charge in [-0.25, -0.2) is 0 Å². The van der Waals surface area contributed by atoms with Gasteiger partial charge in [-0.3, -0.25) is 0 Å². The van der Waals surface area contributed by atoms with E-state index in [4.69, 9.17) is 4.74 Å². The number of hydrogen-bond acceptors (Lipinski definition) is 2. The molecule has 1 aromatic rings. The number of aromatic amines is 1. The first-order chi connectivity index (χ1) is 6.86. The first-order valence-electron chi connectivity index (χ1n) is 5.28. The van der Waals surface area contributed by atoms with E-state index in [1.807, 2.05) is 18.5 Å². The van der Waals surface area contributed by atoms with E-state index in [0.717, 1.165) is 31.4 Å². The quantitative estimate of drug-likeness (QED) is 0.772. The average molecular weight is 195 g/mol. The Morgan fingerprint density at radius 1 is 1.64 bits per heavy atom. The molecule has 0 aliphatic carbocycles. The van der Waals surface area contributed by atoms with Crippen LogP contribution in [0.3, 0.4) is 0 Å². The Hall–Kier alpha value is -0.800. The molecule has 14 heavy (non-hydrogen) atoms. The summed E-state index contributed by atoms with van der Waals surface area (Å²) < 4.78 is 5.50. The van der Waals surface area contributed by atoms with Crippen LogP contribution in [0.15, 0.2) is 18.5 Å². The van der Waals surface area contributed by atoms with E-state index in [2.05, 4.69) is 4.98 Å². The van der Waals surface area contributed by atoms with Gasteiger partial charge in [0.1, 0.15) is 0 Å². The van der Waals surface area contributed by atoms with Crippen LogP contribution in [0.5, 0.6) is 0 Å². The second-order valence-electron chi connectivity index (χ2n) is 3.87. The molecular weight excluding hydrogens is 178 g/mol. The lowest BCUT2D eigenvalue weighted by Crippen LogP contribution is -2.07. The summed E-state index contributed by atoms with van der Waals surface area (Å²) in [4.78, 5) is 2.95. The molecule has 1 fully saturated rings. The third-order valence-corrected chi connectivity index (χ3v) is 2.79. The molecule has 0 spiro atoms. The highest BCUT2D eigenvalue weighted by atomic mass is 16.5. The smallest absolute Gasteiger partial charge is 0.0805 e. The molecule has 1 aliphatic rings. The van der Waals surface area contributed by atoms with Crippen LogP contribution >= 0.6 is 0 Å². The third-order valence-electron chi connectivity index (χ3n) is 2.79. The van der Waals surface area contributed by atoms with Crippen molar-refractivity contribution in [1.82, 2.24) is 4.98 Å². The Morgan fingerprint density at radius 3 is 3.21 bits per heavy atom. The van der Waals surface area contributed by atoms with Gasteiger partial charge in [0.05, 0.1) is 12.2 Å². The Labute approximate surface area is 84.1 Å². The molecule has 1 aromatic heterocycles. The molecule has 2 heterocycles. The van der Waals surface area contributed by atoms with Crippen molar-refractivity contribution in [2.75, 3.05) is 6.61 Å². The van der Waals surface area contributed by atoms with Gasteiger partial charge in [-0.1, -0.05) is 0 Å². The first kappa shape index (κ1) is 9.74. The van der Waals surface area contributed by atoms with Gasteiger partial charge in [-0.2, -0.15) is 0 Å². The number of aliphatic hydroxyl groups excluding tert-OH is 1. The number of aromatic nitrogens is 1. The van der Waals surface area contributed by atoms with Crippen molar-refractivity contribution >= 4 is 0 Å². The molecule has 2 atom stereocenters. The monoisotopic (exact) mass is 195 g/mol. The maximum absolute atomic E-state index is 9.79. The summed E-state index contributed by atoms with van der Waals surface area (Å²) in [5.74, 6) is 0. The molecule has 0 radical (unpaired) electrons. The molecule has 78 valence electrons. The Morgan fingerprint density at radius 2 is 2.57 bits per heavy atom. The molecular formula is C11H17NO2. The molecule has 2 N–H and O–H groups in total. The van der Waals surface area contributed by atoms with E-state index in [0.29, 0.717) is 6.10 Å².